The van der Waals surface area contributed by atoms with Crippen molar-refractivity contribution in [2.24, 2.45) is 0 Å². The van der Waals surface area contributed by atoms with Gasteiger partial charge in [0.1, 0.15) is 36.6 Å². The van der Waals surface area contributed by atoms with Crippen LogP contribution in [0, 0.1) is 0 Å². The van der Waals surface area contributed by atoms with Gasteiger partial charge in [-0.15, -0.1) is 0 Å². The monoisotopic (exact) mass is 982 g/mol. The van der Waals surface area contributed by atoms with Gasteiger partial charge < -0.3 is 46.1 Å². The first-order chi connectivity index (χ1) is 33.8. The molecular weight excluding hydrogens is 943 g/mol. The molecule has 0 aliphatic carbocycles. The van der Waals surface area contributed by atoms with Crippen LogP contribution in [0.15, 0.2) is 155 Å². The first-order valence-corrected chi connectivity index (χ1v) is 23.7. The summed E-state index contributed by atoms with van der Waals surface area (Å²) in [5, 5.41) is 3.40. The minimum atomic E-state index is -2.42. The lowest BCUT2D eigenvalue weighted by Crippen LogP contribution is -2.06. The number of fused-ring (bicyclic) bond motifs is 2. The first kappa shape index (κ1) is 47.7. The molecule has 0 N–H and O–H groups in total. The third-order valence-electron chi connectivity index (χ3n) is 10.2. The Morgan fingerprint density at radius 3 is 0.899 bits per heavy atom. The second kappa shape index (κ2) is 22.3. The number of benzene rings is 8. The van der Waals surface area contributed by atoms with Gasteiger partial charge in [-0.25, -0.2) is 0 Å². The summed E-state index contributed by atoms with van der Waals surface area (Å²) >= 11 is 1.35. The third kappa shape index (κ3) is 11.0. The standard InChI is InChI=1S/C52H40O14P2S/c1-57-47-25-33(29-53)13-19-41(47)61-67(62-42-20-14-34(30-54)26-48(42)58-2)65-45-23-17-37-9-5-7-11-39(37)51(45)69-52-40-12-8-6-10-38(40)18-24-46(52)66-68(63-43-21-15-35(31-55)27-49(43)59-3)64-44-22-16-36(32-56)28-50(44)60-4/h5-32H,1-4H3. The number of hydrogen-bond acceptors (Lipinski definition) is 15. The zero-order valence-electron chi connectivity index (χ0n) is 37.2. The SMILES string of the molecule is COc1cc(C=O)ccc1OP(Oc1ccc(C=O)cc1OC)Oc1ccc2ccccc2c1Sc1c(OP(Oc2ccc(C=O)cc2OC)Oc2ccc(C=O)cc2OC)ccc2ccccc12. The number of aldehydes is 4. The quantitative estimate of drug-likeness (QED) is 0.0466. The van der Waals surface area contributed by atoms with E-state index in [1.165, 1.54) is 64.5 Å². The van der Waals surface area contributed by atoms with E-state index in [4.69, 9.17) is 46.1 Å². The van der Waals surface area contributed by atoms with Gasteiger partial charge in [-0.3, -0.25) is 19.2 Å². The average Bonchev–Trinajstić information content (AvgIpc) is 3.39. The molecular formula is C52H40O14P2S. The van der Waals surface area contributed by atoms with Gasteiger partial charge in [0, 0.05) is 22.3 Å². The number of carbonyl (C=O) groups excluding carboxylic acids is 4. The molecule has 0 saturated heterocycles. The molecule has 0 radical (unpaired) electrons. The van der Waals surface area contributed by atoms with Gasteiger partial charge in [-0.2, -0.15) is 0 Å². The summed E-state index contributed by atoms with van der Waals surface area (Å²) in [5.41, 5.74) is 1.45. The van der Waals surface area contributed by atoms with E-state index in [1.54, 1.807) is 48.5 Å². The molecule has 0 fully saturated rings. The van der Waals surface area contributed by atoms with Crippen molar-refractivity contribution in [2.75, 3.05) is 28.4 Å². The van der Waals surface area contributed by atoms with Gasteiger partial charge in [-0.1, -0.05) is 72.4 Å². The Balaban J connectivity index is 1.25. The Labute approximate surface area is 402 Å². The summed E-state index contributed by atoms with van der Waals surface area (Å²) in [6.45, 7) is 0. The van der Waals surface area contributed by atoms with Gasteiger partial charge >= 0.3 is 17.2 Å². The highest BCUT2D eigenvalue weighted by atomic mass is 32.2. The van der Waals surface area contributed by atoms with E-state index in [0.717, 1.165) is 21.5 Å². The lowest BCUT2D eigenvalue weighted by molar-refractivity contribution is 0.111. The minimum Gasteiger partial charge on any atom is -0.493 e. The topological polar surface area (TPSA) is 161 Å². The Hall–Kier alpha value is -7.83. The van der Waals surface area contributed by atoms with Crippen LogP contribution in [0.3, 0.4) is 0 Å². The molecule has 8 aromatic carbocycles. The van der Waals surface area contributed by atoms with E-state index in [2.05, 4.69) is 0 Å². The zero-order chi connectivity index (χ0) is 48.3. The molecule has 0 aromatic heterocycles. The van der Waals surface area contributed by atoms with E-state index in [9.17, 15) is 19.2 Å². The Morgan fingerprint density at radius 2 is 0.609 bits per heavy atom. The lowest BCUT2D eigenvalue weighted by Gasteiger charge is -2.23. The van der Waals surface area contributed by atoms with Gasteiger partial charge in [0.25, 0.3) is 0 Å². The second-order valence-electron chi connectivity index (χ2n) is 14.4. The van der Waals surface area contributed by atoms with Gasteiger partial charge in [0.15, 0.2) is 46.0 Å². The van der Waals surface area contributed by atoms with Crippen LogP contribution in [0.2, 0.25) is 0 Å². The van der Waals surface area contributed by atoms with Crippen molar-refractivity contribution < 1.29 is 65.3 Å². The second-order valence-corrected chi connectivity index (χ2v) is 17.4. The maximum absolute atomic E-state index is 11.7. The number of hydrogen-bond donors (Lipinski definition) is 0. The van der Waals surface area contributed by atoms with Crippen molar-refractivity contribution in [1.29, 1.82) is 0 Å². The number of rotatable bonds is 22. The molecule has 0 aliphatic rings. The van der Waals surface area contributed by atoms with Crippen LogP contribution in [0.4, 0.5) is 0 Å². The number of methoxy groups -OCH3 is 4. The van der Waals surface area contributed by atoms with E-state index in [1.807, 2.05) is 72.8 Å². The molecule has 8 rings (SSSR count). The van der Waals surface area contributed by atoms with Crippen LogP contribution in [-0.2, 0) is 0 Å². The van der Waals surface area contributed by atoms with E-state index >= 15 is 0 Å². The predicted octanol–water partition coefficient (Wildman–Crippen LogP) is 13.0. The lowest BCUT2D eigenvalue weighted by atomic mass is 10.1. The predicted molar refractivity (Wildman–Crippen MR) is 263 cm³/mol. The van der Waals surface area contributed by atoms with Crippen LogP contribution in [0.25, 0.3) is 21.5 Å². The molecule has 0 heterocycles. The van der Waals surface area contributed by atoms with E-state index in [0.29, 0.717) is 68.7 Å². The first-order valence-electron chi connectivity index (χ1n) is 20.7. The summed E-state index contributed by atoms with van der Waals surface area (Å²) in [7, 11) is 0.954. The van der Waals surface area contributed by atoms with Gasteiger partial charge in [-0.05, 0) is 106 Å². The fourth-order valence-corrected chi connectivity index (χ4v) is 10.3. The van der Waals surface area contributed by atoms with Crippen LogP contribution in [0.5, 0.6) is 57.5 Å². The van der Waals surface area contributed by atoms with E-state index < -0.39 is 17.2 Å². The van der Waals surface area contributed by atoms with Crippen molar-refractivity contribution in [3.63, 3.8) is 0 Å². The zero-order valence-corrected chi connectivity index (χ0v) is 39.8. The molecule has 0 saturated carbocycles. The van der Waals surface area contributed by atoms with Crippen LogP contribution < -0.4 is 46.1 Å². The molecule has 0 unspecified atom stereocenters. The smallest absolute Gasteiger partial charge is 0.493 e. The van der Waals surface area contributed by atoms with Crippen molar-refractivity contribution in [2.45, 2.75) is 9.79 Å². The third-order valence-corrected chi connectivity index (χ3v) is 13.5. The average molecular weight is 983 g/mol. The normalized spacial score (nSPS) is 10.9. The molecule has 69 heavy (non-hydrogen) atoms. The highest BCUT2D eigenvalue weighted by Gasteiger charge is 2.30. The van der Waals surface area contributed by atoms with Crippen molar-refractivity contribution >= 4 is 75.7 Å². The highest BCUT2D eigenvalue weighted by molar-refractivity contribution is 8.00. The van der Waals surface area contributed by atoms with Crippen LogP contribution in [-0.4, -0.2) is 53.6 Å². The van der Waals surface area contributed by atoms with Gasteiger partial charge in [0.2, 0.25) is 0 Å². The minimum absolute atomic E-state index is 0.223. The molecule has 0 bridgehead atoms. The number of carbonyl (C=O) groups is 4. The largest absolute Gasteiger partial charge is 0.530 e. The molecule has 14 nitrogen and oxygen atoms in total. The molecule has 0 amide bonds. The maximum atomic E-state index is 11.7. The van der Waals surface area contributed by atoms with Gasteiger partial charge in [0.05, 0.1) is 38.2 Å². The van der Waals surface area contributed by atoms with Crippen molar-refractivity contribution in [3.8, 4) is 57.5 Å². The molecule has 0 spiro atoms. The van der Waals surface area contributed by atoms with Crippen molar-refractivity contribution in [3.05, 3.63) is 168 Å². The highest BCUT2D eigenvalue weighted by Crippen LogP contribution is 2.55. The molecule has 8 aromatic rings. The fraction of sp³-hybridized carbons (Fsp3) is 0.0769. The Morgan fingerprint density at radius 1 is 0.333 bits per heavy atom. The molecule has 17 heteroatoms. The van der Waals surface area contributed by atoms with E-state index in [-0.39, 0.29) is 46.0 Å². The molecule has 0 atom stereocenters. The molecule has 348 valence electrons. The Bertz CT molecular complexity index is 2850. The Kier molecular flexibility index (Phi) is 15.4. The summed E-state index contributed by atoms with van der Waals surface area (Å²) in [4.78, 5) is 48.1. The summed E-state index contributed by atoms with van der Waals surface area (Å²) in [6, 6.07) is 41.8. The summed E-state index contributed by atoms with van der Waals surface area (Å²) < 4.78 is 61.9. The summed E-state index contributed by atoms with van der Waals surface area (Å²) in [5.74, 6) is 2.61. The van der Waals surface area contributed by atoms with Crippen LogP contribution >= 0.6 is 29.0 Å². The summed E-state index contributed by atoms with van der Waals surface area (Å²) in [6.07, 6.45) is 2.77. The number of ether oxygens (including phenoxy) is 4. The molecule has 0 aliphatic heterocycles. The van der Waals surface area contributed by atoms with Crippen molar-refractivity contribution in [1.82, 2.24) is 0 Å². The fourth-order valence-electron chi connectivity index (χ4n) is 6.83. The maximum Gasteiger partial charge on any atom is 0.530 e. The van der Waals surface area contributed by atoms with Crippen LogP contribution in [0.1, 0.15) is 41.4 Å².